The average Bonchev–Trinajstić information content (AvgIpc) is 2.41. The maximum Gasteiger partial charge on any atom is 0.0975 e. The highest BCUT2D eigenvalue weighted by molar-refractivity contribution is 5.14. The second-order valence-corrected chi connectivity index (χ2v) is 5.07. The van der Waals surface area contributed by atoms with Gasteiger partial charge in [-0.1, -0.05) is 50.1 Å². The van der Waals surface area contributed by atoms with E-state index in [0.29, 0.717) is 0 Å². The Kier molecular flexibility index (Phi) is 6.91. The van der Waals surface area contributed by atoms with Gasteiger partial charge in [-0.15, -0.1) is 0 Å². The Balaban J connectivity index is 2.58. The molecule has 0 aromatic heterocycles. The Labute approximate surface area is 118 Å². The van der Waals surface area contributed by atoms with Crippen LogP contribution in [0.4, 0.5) is 0 Å². The minimum Gasteiger partial charge on any atom is -0.314 e. The molecule has 1 aromatic rings. The van der Waals surface area contributed by atoms with Crippen molar-refractivity contribution >= 4 is 0 Å². The number of rotatable bonds is 10. The summed E-state index contributed by atoms with van der Waals surface area (Å²) < 4.78 is 0.989. The van der Waals surface area contributed by atoms with Gasteiger partial charge in [-0.05, 0) is 30.2 Å². The number of hydrogen-bond acceptors (Lipinski definition) is 0. The van der Waals surface area contributed by atoms with Gasteiger partial charge >= 0.3 is 0 Å². The fourth-order valence-corrected chi connectivity index (χ4v) is 2.58. The molecule has 0 bridgehead atoms. The van der Waals surface area contributed by atoms with Gasteiger partial charge in [0.1, 0.15) is 0 Å². The molecule has 0 N–H and O–H groups in total. The summed E-state index contributed by atoms with van der Waals surface area (Å²) in [4.78, 5) is 0. The second kappa shape index (κ2) is 8.49. The molecule has 0 saturated heterocycles. The van der Waals surface area contributed by atoms with Gasteiger partial charge < -0.3 is 4.48 Å². The summed E-state index contributed by atoms with van der Waals surface area (Å²) in [6, 6.07) is 10.7. The van der Waals surface area contributed by atoms with Crippen LogP contribution >= 0.6 is 0 Å². The number of benzene rings is 1. The van der Waals surface area contributed by atoms with Gasteiger partial charge in [-0.25, -0.2) is 0 Å². The average molecular weight is 256 g/mol. The maximum atomic E-state index is 3.89. The third-order valence-electron chi connectivity index (χ3n) is 3.49. The Hall–Kier alpha value is -1.60. The summed E-state index contributed by atoms with van der Waals surface area (Å²) in [6.07, 6.45) is 8.34. The van der Waals surface area contributed by atoms with E-state index in [2.05, 4.69) is 50.1 Å². The first-order valence-corrected chi connectivity index (χ1v) is 6.98. The van der Waals surface area contributed by atoms with Gasteiger partial charge in [0.25, 0.3) is 0 Å². The molecule has 0 atom stereocenters. The minimum atomic E-state index is 0.979. The van der Waals surface area contributed by atoms with Crippen LogP contribution in [0.15, 0.2) is 68.3 Å². The third-order valence-corrected chi connectivity index (χ3v) is 3.49. The summed E-state index contributed by atoms with van der Waals surface area (Å²) in [7, 11) is 0. The molecule has 1 aromatic carbocycles. The SMILES string of the molecule is C=CC[N+](CC=C)(CC=C)CCCc1ccccc1. The second-order valence-electron chi connectivity index (χ2n) is 5.07. The van der Waals surface area contributed by atoms with Crippen LogP contribution in [0, 0.1) is 0 Å². The molecule has 0 heterocycles. The number of quaternary nitrogens is 1. The third kappa shape index (κ3) is 5.27. The van der Waals surface area contributed by atoms with E-state index >= 15 is 0 Å². The molecular formula is C18H26N+. The number of hydrogen-bond donors (Lipinski definition) is 0. The molecule has 0 unspecified atom stereocenters. The Morgan fingerprint density at radius 1 is 0.842 bits per heavy atom. The summed E-state index contributed by atoms with van der Waals surface area (Å²) in [5.74, 6) is 0. The molecule has 0 fully saturated rings. The van der Waals surface area contributed by atoms with Crippen LogP contribution in [-0.4, -0.2) is 30.7 Å². The van der Waals surface area contributed by atoms with E-state index in [1.807, 2.05) is 18.2 Å². The monoisotopic (exact) mass is 256 g/mol. The Morgan fingerprint density at radius 2 is 1.37 bits per heavy atom. The van der Waals surface area contributed by atoms with Gasteiger partial charge in [0, 0.05) is 6.42 Å². The molecule has 0 radical (unpaired) electrons. The van der Waals surface area contributed by atoms with Gasteiger partial charge in [0.05, 0.1) is 26.2 Å². The highest BCUT2D eigenvalue weighted by Gasteiger charge is 2.22. The van der Waals surface area contributed by atoms with E-state index in [1.54, 1.807) is 0 Å². The topological polar surface area (TPSA) is 0 Å². The van der Waals surface area contributed by atoms with E-state index in [-0.39, 0.29) is 0 Å². The lowest BCUT2D eigenvalue weighted by molar-refractivity contribution is -0.912. The lowest BCUT2D eigenvalue weighted by atomic mass is 10.1. The molecule has 19 heavy (non-hydrogen) atoms. The molecule has 102 valence electrons. The van der Waals surface area contributed by atoms with Crippen molar-refractivity contribution in [2.45, 2.75) is 12.8 Å². The first-order valence-electron chi connectivity index (χ1n) is 6.98. The van der Waals surface area contributed by atoms with Crippen molar-refractivity contribution in [2.75, 3.05) is 26.2 Å². The van der Waals surface area contributed by atoms with Crippen molar-refractivity contribution in [1.82, 2.24) is 0 Å². The molecule has 0 aliphatic carbocycles. The van der Waals surface area contributed by atoms with Crippen LogP contribution in [0.5, 0.6) is 0 Å². The van der Waals surface area contributed by atoms with Gasteiger partial charge in [-0.3, -0.25) is 0 Å². The van der Waals surface area contributed by atoms with Crippen molar-refractivity contribution in [3.05, 3.63) is 73.9 Å². The zero-order valence-electron chi connectivity index (χ0n) is 11.9. The predicted molar refractivity (Wildman–Crippen MR) is 85.1 cm³/mol. The fraction of sp³-hybridized carbons (Fsp3) is 0.333. The zero-order chi connectivity index (χ0) is 14.0. The lowest BCUT2D eigenvalue weighted by Gasteiger charge is -2.36. The Bertz CT molecular complexity index is 365. The van der Waals surface area contributed by atoms with Crippen molar-refractivity contribution in [3.8, 4) is 0 Å². The summed E-state index contributed by atoms with van der Waals surface area (Å²) in [5, 5.41) is 0. The van der Waals surface area contributed by atoms with Crippen LogP contribution in [0.3, 0.4) is 0 Å². The molecular weight excluding hydrogens is 230 g/mol. The van der Waals surface area contributed by atoms with E-state index in [9.17, 15) is 0 Å². The number of aryl methyl sites for hydroxylation is 1. The summed E-state index contributed by atoms with van der Waals surface area (Å²) in [5.41, 5.74) is 1.41. The minimum absolute atomic E-state index is 0.979. The zero-order valence-corrected chi connectivity index (χ0v) is 11.9. The first kappa shape index (κ1) is 15.5. The van der Waals surface area contributed by atoms with Crippen LogP contribution < -0.4 is 0 Å². The molecule has 0 aliphatic heterocycles. The normalized spacial score (nSPS) is 10.9. The van der Waals surface area contributed by atoms with Crippen LogP contribution in [0.25, 0.3) is 0 Å². The fourth-order valence-electron chi connectivity index (χ4n) is 2.58. The smallest absolute Gasteiger partial charge is 0.0975 e. The van der Waals surface area contributed by atoms with Gasteiger partial charge in [0.15, 0.2) is 0 Å². The van der Waals surface area contributed by atoms with E-state index in [1.165, 1.54) is 12.0 Å². The number of nitrogens with zero attached hydrogens (tertiary/aromatic N) is 1. The molecule has 1 rings (SSSR count). The van der Waals surface area contributed by atoms with Crippen LogP contribution in [-0.2, 0) is 6.42 Å². The standard InChI is InChI=1S/C18H26N/c1-4-14-19(15-5-2,16-6-3)17-10-13-18-11-8-7-9-12-18/h4-9,11-12H,1-3,10,13-17H2/q+1. The van der Waals surface area contributed by atoms with Gasteiger partial charge in [0.2, 0.25) is 0 Å². The highest BCUT2D eigenvalue weighted by atomic mass is 15.3. The van der Waals surface area contributed by atoms with Crippen molar-refractivity contribution < 1.29 is 4.48 Å². The van der Waals surface area contributed by atoms with E-state index in [4.69, 9.17) is 0 Å². The van der Waals surface area contributed by atoms with Crippen molar-refractivity contribution in [1.29, 1.82) is 0 Å². The van der Waals surface area contributed by atoms with Crippen molar-refractivity contribution in [2.24, 2.45) is 0 Å². The van der Waals surface area contributed by atoms with Crippen molar-refractivity contribution in [3.63, 3.8) is 0 Å². The molecule has 0 aliphatic rings. The maximum absolute atomic E-state index is 3.89. The molecule has 0 saturated carbocycles. The molecule has 0 spiro atoms. The quantitative estimate of drug-likeness (QED) is 0.438. The predicted octanol–water partition coefficient (Wildman–Crippen LogP) is 3.99. The molecule has 0 amide bonds. The largest absolute Gasteiger partial charge is 0.314 e. The van der Waals surface area contributed by atoms with Crippen LogP contribution in [0.2, 0.25) is 0 Å². The summed E-state index contributed by atoms with van der Waals surface area (Å²) in [6.45, 7) is 15.8. The van der Waals surface area contributed by atoms with E-state index < -0.39 is 0 Å². The van der Waals surface area contributed by atoms with E-state index in [0.717, 1.165) is 37.1 Å². The Morgan fingerprint density at radius 3 is 1.84 bits per heavy atom. The highest BCUT2D eigenvalue weighted by Crippen LogP contribution is 2.12. The summed E-state index contributed by atoms with van der Waals surface area (Å²) >= 11 is 0. The molecule has 1 nitrogen and oxygen atoms in total. The molecule has 1 heteroatoms. The van der Waals surface area contributed by atoms with Crippen LogP contribution in [0.1, 0.15) is 12.0 Å². The van der Waals surface area contributed by atoms with Gasteiger partial charge in [-0.2, -0.15) is 0 Å². The lowest BCUT2D eigenvalue weighted by Crippen LogP contribution is -2.49. The first-order chi connectivity index (χ1) is 9.26.